The van der Waals surface area contributed by atoms with Gasteiger partial charge in [-0.15, -0.1) is 12.4 Å². The van der Waals surface area contributed by atoms with Gasteiger partial charge in [0.05, 0.1) is 0 Å². The van der Waals surface area contributed by atoms with Crippen molar-refractivity contribution in [3.05, 3.63) is 77.6 Å². The third-order valence-electron chi connectivity index (χ3n) is 4.03. The Kier molecular flexibility index (Phi) is 6.80. The van der Waals surface area contributed by atoms with Crippen LogP contribution >= 0.6 is 12.4 Å². The Labute approximate surface area is 154 Å². The van der Waals surface area contributed by atoms with E-state index in [1.807, 2.05) is 30.3 Å². The number of hydrogen-bond donors (Lipinski definition) is 1. The molecule has 3 rings (SSSR count). The minimum absolute atomic E-state index is 0. The van der Waals surface area contributed by atoms with Gasteiger partial charge in [-0.05, 0) is 22.9 Å². The molecule has 25 heavy (non-hydrogen) atoms. The lowest BCUT2D eigenvalue weighted by Crippen LogP contribution is -2.22. The molecule has 0 atom stereocenters. The first-order chi connectivity index (χ1) is 11.6. The van der Waals surface area contributed by atoms with Crippen molar-refractivity contribution in [2.75, 3.05) is 0 Å². The minimum atomic E-state index is -0.236. The molecule has 0 amide bonds. The summed E-state index contributed by atoms with van der Waals surface area (Å²) in [4.78, 5) is 0. The molecule has 3 aromatic rings. The molecule has 4 heteroatoms. The lowest BCUT2D eigenvalue weighted by Gasteiger charge is -2.16. The zero-order valence-electron chi connectivity index (χ0n) is 14.5. The van der Waals surface area contributed by atoms with E-state index in [1.54, 1.807) is 12.1 Å². The van der Waals surface area contributed by atoms with Gasteiger partial charge in [0.2, 0.25) is 0 Å². The summed E-state index contributed by atoms with van der Waals surface area (Å²) in [5, 5.41) is 5.79. The van der Waals surface area contributed by atoms with Crippen molar-refractivity contribution in [2.45, 2.75) is 33.0 Å². The number of hydrogen-bond acceptors (Lipinski definition) is 2. The van der Waals surface area contributed by atoms with Crippen molar-refractivity contribution in [2.24, 2.45) is 0 Å². The molecule has 0 unspecified atom stereocenters. The highest BCUT2D eigenvalue weighted by Gasteiger charge is 2.10. The van der Waals surface area contributed by atoms with Crippen LogP contribution in [0, 0.1) is 5.82 Å². The van der Waals surface area contributed by atoms with Crippen LogP contribution in [0.1, 0.15) is 25.0 Å². The van der Waals surface area contributed by atoms with Crippen molar-refractivity contribution in [1.29, 1.82) is 0 Å². The number of fused-ring (bicyclic) bond motifs is 1. The molecule has 1 N–H and O–H groups in total. The molecule has 0 saturated carbocycles. The molecule has 3 aromatic carbocycles. The standard InChI is InChI=1S/C21H22FNO.ClH/c1-15(2)23-13-19-18-9-5-3-7-16(18)11-12-21(19)24-14-17-8-4-6-10-20(17)22;/h3-12,15,23H,13-14H2,1-2H3;1H. The van der Waals surface area contributed by atoms with Crippen molar-refractivity contribution in [1.82, 2.24) is 5.32 Å². The Morgan fingerprint density at radius 2 is 1.68 bits per heavy atom. The maximum atomic E-state index is 13.8. The second kappa shape index (κ2) is 8.84. The lowest BCUT2D eigenvalue weighted by molar-refractivity contribution is 0.296. The minimum Gasteiger partial charge on any atom is -0.488 e. The van der Waals surface area contributed by atoms with E-state index in [4.69, 9.17) is 4.74 Å². The quantitative estimate of drug-likeness (QED) is 0.629. The number of nitrogens with one attached hydrogen (secondary N) is 1. The Morgan fingerprint density at radius 3 is 2.44 bits per heavy atom. The van der Waals surface area contributed by atoms with Crippen LogP contribution in [-0.2, 0) is 13.2 Å². The first-order valence-corrected chi connectivity index (χ1v) is 8.25. The molecule has 2 nitrogen and oxygen atoms in total. The Balaban J connectivity index is 0.00000225. The summed E-state index contributed by atoms with van der Waals surface area (Å²) in [5.74, 6) is 0.560. The molecule has 0 aliphatic heterocycles. The van der Waals surface area contributed by atoms with Gasteiger partial charge in [0.25, 0.3) is 0 Å². The number of benzene rings is 3. The van der Waals surface area contributed by atoms with Gasteiger partial charge in [0.1, 0.15) is 18.2 Å². The van der Waals surface area contributed by atoms with Gasteiger partial charge in [0.15, 0.2) is 0 Å². The van der Waals surface area contributed by atoms with Gasteiger partial charge in [-0.3, -0.25) is 0 Å². The van der Waals surface area contributed by atoms with Gasteiger partial charge >= 0.3 is 0 Å². The van der Waals surface area contributed by atoms with E-state index in [9.17, 15) is 4.39 Å². The fourth-order valence-corrected chi connectivity index (χ4v) is 2.71. The van der Waals surface area contributed by atoms with Crippen LogP contribution in [0.25, 0.3) is 10.8 Å². The van der Waals surface area contributed by atoms with Gasteiger partial charge in [0, 0.05) is 23.7 Å². The first kappa shape index (κ1) is 19.2. The summed E-state index contributed by atoms with van der Waals surface area (Å²) in [5.41, 5.74) is 1.67. The lowest BCUT2D eigenvalue weighted by atomic mass is 10.0. The van der Waals surface area contributed by atoms with Crippen molar-refractivity contribution in [3.8, 4) is 5.75 Å². The number of ether oxygens (including phenoxy) is 1. The smallest absolute Gasteiger partial charge is 0.129 e. The maximum Gasteiger partial charge on any atom is 0.129 e. The Morgan fingerprint density at radius 1 is 0.960 bits per heavy atom. The fourth-order valence-electron chi connectivity index (χ4n) is 2.71. The van der Waals surface area contributed by atoms with Gasteiger partial charge < -0.3 is 10.1 Å². The molecule has 0 aromatic heterocycles. The summed E-state index contributed by atoms with van der Waals surface area (Å²) in [6.07, 6.45) is 0. The summed E-state index contributed by atoms with van der Waals surface area (Å²) >= 11 is 0. The largest absolute Gasteiger partial charge is 0.488 e. The van der Waals surface area contributed by atoms with Crippen molar-refractivity contribution >= 4 is 23.2 Å². The van der Waals surface area contributed by atoms with E-state index < -0.39 is 0 Å². The van der Waals surface area contributed by atoms with Gasteiger partial charge in [-0.1, -0.05) is 62.4 Å². The molecule has 0 radical (unpaired) electrons. The van der Waals surface area contributed by atoms with Crippen LogP contribution in [0.3, 0.4) is 0 Å². The third kappa shape index (κ3) is 4.71. The number of halogens is 2. The molecule has 0 bridgehead atoms. The molecular weight excluding hydrogens is 337 g/mol. The molecule has 0 saturated heterocycles. The van der Waals surface area contributed by atoms with Crippen molar-refractivity contribution < 1.29 is 9.13 Å². The molecule has 132 valence electrons. The van der Waals surface area contributed by atoms with Crippen LogP contribution in [0.4, 0.5) is 4.39 Å². The van der Waals surface area contributed by atoms with Crippen LogP contribution < -0.4 is 10.1 Å². The molecule has 0 heterocycles. The maximum absolute atomic E-state index is 13.8. The predicted octanol–water partition coefficient (Wildman–Crippen LogP) is 5.48. The van der Waals surface area contributed by atoms with Gasteiger partial charge in [-0.2, -0.15) is 0 Å². The van der Waals surface area contributed by atoms with Gasteiger partial charge in [-0.25, -0.2) is 4.39 Å². The van der Waals surface area contributed by atoms with Crippen LogP contribution in [0.2, 0.25) is 0 Å². The molecular formula is C21H23ClFNO. The van der Waals surface area contributed by atoms with E-state index in [-0.39, 0.29) is 24.8 Å². The zero-order chi connectivity index (χ0) is 16.9. The zero-order valence-corrected chi connectivity index (χ0v) is 15.3. The highest BCUT2D eigenvalue weighted by molar-refractivity contribution is 5.87. The highest BCUT2D eigenvalue weighted by Crippen LogP contribution is 2.29. The van der Waals surface area contributed by atoms with E-state index in [1.165, 1.54) is 11.5 Å². The van der Waals surface area contributed by atoms with E-state index in [0.717, 1.165) is 16.7 Å². The monoisotopic (exact) mass is 359 g/mol. The average Bonchev–Trinajstić information content (AvgIpc) is 2.59. The van der Waals surface area contributed by atoms with Crippen LogP contribution in [-0.4, -0.2) is 6.04 Å². The molecule has 0 aliphatic rings. The summed E-state index contributed by atoms with van der Waals surface area (Å²) in [6.45, 7) is 5.17. The van der Waals surface area contributed by atoms with Crippen molar-refractivity contribution in [3.63, 3.8) is 0 Å². The number of rotatable bonds is 6. The predicted molar refractivity (Wildman–Crippen MR) is 104 cm³/mol. The summed E-state index contributed by atoms with van der Waals surface area (Å²) < 4.78 is 19.8. The Hall–Kier alpha value is -2.10. The normalized spacial score (nSPS) is 10.7. The molecule has 0 spiro atoms. The van der Waals surface area contributed by atoms with Crippen LogP contribution in [0.5, 0.6) is 5.75 Å². The molecule has 0 fully saturated rings. The SMILES string of the molecule is CC(C)NCc1c(OCc2ccccc2F)ccc2ccccc12.Cl. The molecule has 0 aliphatic carbocycles. The average molecular weight is 360 g/mol. The van der Waals surface area contributed by atoms with E-state index in [0.29, 0.717) is 18.2 Å². The Bertz CT molecular complexity index is 835. The van der Waals surface area contributed by atoms with E-state index in [2.05, 4.69) is 31.3 Å². The highest BCUT2D eigenvalue weighted by atomic mass is 35.5. The summed E-state index contributed by atoms with van der Waals surface area (Å²) in [6, 6.07) is 19.4. The van der Waals surface area contributed by atoms with E-state index >= 15 is 0 Å². The second-order valence-corrected chi connectivity index (χ2v) is 6.18. The topological polar surface area (TPSA) is 21.3 Å². The second-order valence-electron chi connectivity index (χ2n) is 6.18. The summed E-state index contributed by atoms with van der Waals surface area (Å²) in [7, 11) is 0. The third-order valence-corrected chi connectivity index (χ3v) is 4.03. The first-order valence-electron chi connectivity index (χ1n) is 8.25. The van der Waals surface area contributed by atoms with Crippen LogP contribution in [0.15, 0.2) is 60.7 Å². The fraction of sp³-hybridized carbons (Fsp3) is 0.238.